The zero-order chi connectivity index (χ0) is 6.69. The molecule has 1 aromatic carbocycles. The molecule has 0 aliphatic heterocycles. The van der Waals surface area contributed by atoms with E-state index in [1.54, 1.807) is 0 Å². The summed E-state index contributed by atoms with van der Waals surface area (Å²) in [4.78, 5) is 0. The molecule has 0 saturated carbocycles. The molecule has 9 heavy (non-hydrogen) atoms. The van der Waals surface area contributed by atoms with Gasteiger partial charge in [-0.05, 0) is 0 Å². The van der Waals surface area contributed by atoms with Crippen molar-refractivity contribution in [2.24, 2.45) is 0 Å². The van der Waals surface area contributed by atoms with E-state index in [0.29, 0.717) is 0 Å². The Labute approximate surface area is 68.7 Å². The molecule has 45 valence electrons. The summed E-state index contributed by atoms with van der Waals surface area (Å²) >= 11 is 1.09. The van der Waals surface area contributed by atoms with Crippen LogP contribution < -0.4 is 3.07 Å². The minimum atomic E-state index is 0.996. The van der Waals surface area contributed by atoms with Gasteiger partial charge in [0.25, 0.3) is 0 Å². The van der Waals surface area contributed by atoms with Crippen molar-refractivity contribution in [1.29, 1.82) is 0 Å². The van der Waals surface area contributed by atoms with Crippen LogP contribution in [0.1, 0.15) is 5.56 Å². The third-order valence-electron chi connectivity index (χ3n) is 1.20. The molecular weight excluding hydrogens is 219 g/mol. The van der Waals surface area contributed by atoms with Crippen molar-refractivity contribution in [2.75, 3.05) is 0 Å². The third-order valence-corrected chi connectivity index (χ3v) is 1.83. The van der Waals surface area contributed by atoms with Gasteiger partial charge in [0, 0.05) is 0 Å². The van der Waals surface area contributed by atoms with E-state index in [9.17, 15) is 0 Å². The van der Waals surface area contributed by atoms with E-state index in [4.69, 9.17) is 3.07 Å². The van der Waals surface area contributed by atoms with Crippen molar-refractivity contribution in [3.8, 4) is 5.75 Å². The molecule has 2 heteroatoms. The van der Waals surface area contributed by atoms with Crippen molar-refractivity contribution in [2.45, 2.75) is 6.92 Å². The molecule has 0 spiro atoms. The molecule has 0 bridgehead atoms. The van der Waals surface area contributed by atoms with Gasteiger partial charge < -0.3 is 0 Å². The first-order chi connectivity index (χ1) is 4.34. The molecule has 1 aromatic rings. The molecule has 3 radical (unpaired) electrons. The molecule has 0 aliphatic carbocycles. The Bertz CT molecular complexity index is 198. The number of hydrogen-bond donors (Lipinski definition) is 0. The molecule has 0 aromatic heterocycles. The number of para-hydroxylation sites is 1. The Hall–Kier alpha value is -0.181. The van der Waals surface area contributed by atoms with Crippen LogP contribution in [-0.2, 0) is 0 Å². The average Bonchev–Trinajstić information content (AvgIpc) is 1.89. The standard InChI is InChI=1S/C7H8O.Sn/c1-6-4-2-3-5-7(6)8;/h2-5,8H,1H3;/q;+1/p-1. The molecule has 0 atom stereocenters. The van der Waals surface area contributed by atoms with Gasteiger partial charge >= 0.3 is 68.5 Å². The molecule has 0 saturated heterocycles. The summed E-state index contributed by atoms with van der Waals surface area (Å²) in [7, 11) is 0. The third kappa shape index (κ3) is 1.61. The fraction of sp³-hybridized carbons (Fsp3) is 0.143. The van der Waals surface area contributed by atoms with Crippen LogP contribution in [0.25, 0.3) is 0 Å². The van der Waals surface area contributed by atoms with Gasteiger partial charge in [0.15, 0.2) is 0 Å². The van der Waals surface area contributed by atoms with E-state index in [-0.39, 0.29) is 0 Å². The fourth-order valence-electron chi connectivity index (χ4n) is 0.671. The first-order valence-electron chi connectivity index (χ1n) is 2.74. The van der Waals surface area contributed by atoms with Crippen LogP contribution in [0.15, 0.2) is 24.3 Å². The van der Waals surface area contributed by atoms with Crippen LogP contribution in [0.5, 0.6) is 5.75 Å². The second-order valence-corrected chi connectivity index (χ2v) is 2.45. The molecule has 0 heterocycles. The molecule has 1 rings (SSSR count). The Kier molecular flexibility index (Phi) is 2.39. The number of benzene rings is 1. The molecule has 0 N–H and O–H groups in total. The zero-order valence-corrected chi connectivity index (χ0v) is 8.07. The van der Waals surface area contributed by atoms with Crippen molar-refractivity contribution >= 4 is 22.9 Å². The van der Waals surface area contributed by atoms with E-state index < -0.39 is 0 Å². The van der Waals surface area contributed by atoms with E-state index in [1.165, 1.54) is 5.56 Å². The predicted octanol–water partition coefficient (Wildman–Crippen LogP) is 1.46. The van der Waals surface area contributed by atoms with Crippen molar-refractivity contribution in [1.82, 2.24) is 0 Å². The van der Waals surface area contributed by atoms with Crippen molar-refractivity contribution in [3.63, 3.8) is 0 Å². The van der Waals surface area contributed by atoms with Gasteiger partial charge in [0.2, 0.25) is 0 Å². The van der Waals surface area contributed by atoms with Gasteiger partial charge in [-0.15, -0.1) is 0 Å². The summed E-state index contributed by atoms with van der Waals surface area (Å²) in [5.74, 6) is 0.996. The summed E-state index contributed by atoms with van der Waals surface area (Å²) in [5, 5.41) is 0. The molecule has 0 fully saturated rings. The van der Waals surface area contributed by atoms with Crippen LogP contribution in [0.2, 0.25) is 0 Å². The summed E-state index contributed by atoms with van der Waals surface area (Å²) in [5.41, 5.74) is 1.20. The van der Waals surface area contributed by atoms with E-state index >= 15 is 0 Å². The Morgan fingerprint density at radius 1 is 1.33 bits per heavy atom. The van der Waals surface area contributed by atoms with E-state index in [0.717, 1.165) is 28.7 Å². The Morgan fingerprint density at radius 3 is 2.44 bits per heavy atom. The zero-order valence-electron chi connectivity index (χ0n) is 5.22. The predicted molar refractivity (Wildman–Crippen MR) is 37.6 cm³/mol. The van der Waals surface area contributed by atoms with Gasteiger partial charge in [0.05, 0.1) is 0 Å². The number of hydrogen-bond acceptors (Lipinski definition) is 1. The topological polar surface area (TPSA) is 9.23 Å². The van der Waals surface area contributed by atoms with Crippen LogP contribution in [0.4, 0.5) is 0 Å². The van der Waals surface area contributed by atoms with Gasteiger partial charge in [-0.25, -0.2) is 0 Å². The fourth-order valence-corrected chi connectivity index (χ4v) is 1.32. The normalized spacial score (nSPS) is 9.11. The quantitative estimate of drug-likeness (QED) is 0.658. The summed E-state index contributed by atoms with van der Waals surface area (Å²) < 4.78 is 5.13. The monoisotopic (exact) mass is 227 g/mol. The maximum absolute atomic E-state index is 5.13. The van der Waals surface area contributed by atoms with Crippen molar-refractivity contribution < 1.29 is 3.07 Å². The summed E-state index contributed by atoms with van der Waals surface area (Å²) in [6, 6.07) is 8.00. The first kappa shape index (κ1) is 6.93. The molecule has 0 unspecified atom stereocenters. The van der Waals surface area contributed by atoms with Crippen LogP contribution in [0.3, 0.4) is 0 Å². The van der Waals surface area contributed by atoms with E-state index in [2.05, 4.69) is 0 Å². The molecular formula is C7H7OSn. The Morgan fingerprint density at radius 2 is 2.00 bits per heavy atom. The molecule has 1 nitrogen and oxygen atoms in total. The van der Waals surface area contributed by atoms with Crippen LogP contribution in [-0.4, -0.2) is 22.9 Å². The van der Waals surface area contributed by atoms with Crippen molar-refractivity contribution in [3.05, 3.63) is 29.8 Å². The average molecular weight is 226 g/mol. The number of rotatable bonds is 1. The van der Waals surface area contributed by atoms with Gasteiger partial charge in [-0.3, -0.25) is 0 Å². The van der Waals surface area contributed by atoms with Gasteiger partial charge in [-0.1, -0.05) is 0 Å². The first-order valence-corrected chi connectivity index (χ1v) is 3.90. The molecule has 0 aliphatic rings. The summed E-state index contributed by atoms with van der Waals surface area (Å²) in [6.45, 7) is 2.04. The van der Waals surface area contributed by atoms with Gasteiger partial charge in [0.1, 0.15) is 0 Å². The van der Waals surface area contributed by atoms with Crippen LogP contribution in [0, 0.1) is 6.92 Å². The molecule has 0 amide bonds. The maximum atomic E-state index is 5.13. The minimum absolute atomic E-state index is 0.996. The second-order valence-electron chi connectivity index (χ2n) is 1.87. The van der Waals surface area contributed by atoms with E-state index in [1.807, 2.05) is 31.2 Å². The SMILES string of the molecule is Cc1ccccc1[O][Sn]. The van der Waals surface area contributed by atoms with Gasteiger partial charge in [-0.2, -0.15) is 0 Å². The second kappa shape index (κ2) is 3.11. The summed E-state index contributed by atoms with van der Waals surface area (Å²) in [6.07, 6.45) is 0. The van der Waals surface area contributed by atoms with Crippen LogP contribution >= 0.6 is 0 Å². The Balaban J connectivity index is 3.01. The number of aryl methyl sites for hydroxylation is 1.